The van der Waals surface area contributed by atoms with Crippen LogP contribution in [0, 0.1) is 18.3 Å². The molecular formula is C26H28N4O3. The van der Waals surface area contributed by atoms with Gasteiger partial charge in [-0.25, -0.2) is 4.98 Å². The Morgan fingerprint density at radius 2 is 2.03 bits per heavy atom. The number of carbonyl (C=O) groups excluding carboxylic acids is 1. The highest BCUT2D eigenvalue weighted by molar-refractivity contribution is 5.79. The maximum atomic E-state index is 12.3. The molecule has 3 aromatic rings. The molecule has 0 saturated carbocycles. The quantitative estimate of drug-likeness (QED) is 0.504. The van der Waals surface area contributed by atoms with Crippen LogP contribution in [0.2, 0.25) is 0 Å². The number of rotatable bonds is 9. The summed E-state index contributed by atoms with van der Waals surface area (Å²) in [5.41, 5.74) is 2.87. The van der Waals surface area contributed by atoms with Gasteiger partial charge in [-0.15, -0.1) is 0 Å². The molecule has 2 heterocycles. The number of aromatic nitrogens is 1. The van der Waals surface area contributed by atoms with Gasteiger partial charge in [0.25, 0.3) is 0 Å². The summed E-state index contributed by atoms with van der Waals surface area (Å²) in [6, 6.07) is 19.7. The zero-order chi connectivity index (χ0) is 23.0. The molecule has 170 valence electrons. The predicted molar refractivity (Wildman–Crippen MR) is 124 cm³/mol. The molecule has 1 unspecified atom stereocenters. The maximum absolute atomic E-state index is 12.3. The van der Waals surface area contributed by atoms with Crippen LogP contribution in [0.15, 0.2) is 59.0 Å². The lowest BCUT2D eigenvalue weighted by Crippen LogP contribution is -2.41. The first kappa shape index (κ1) is 22.6. The third-order valence-electron chi connectivity index (χ3n) is 5.78. The van der Waals surface area contributed by atoms with Gasteiger partial charge in [-0.1, -0.05) is 30.3 Å². The fraction of sp³-hybridized carbons (Fsp3) is 0.346. The van der Waals surface area contributed by atoms with Crippen molar-refractivity contribution in [2.45, 2.75) is 38.8 Å². The maximum Gasteiger partial charge on any atom is 0.237 e. The average Bonchev–Trinajstić information content (AvgIpc) is 3.48. The number of amides is 1. The number of hydrogen-bond donors (Lipinski definition) is 1. The van der Waals surface area contributed by atoms with Crippen molar-refractivity contribution < 1.29 is 13.9 Å². The lowest BCUT2D eigenvalue weighted by molar-refractivity contribution is -0.130. The third kappa shape index (κ3) is 5.79. The molecule has 1 aliphatic heterocycles. The van der Waals surface area contributed by atoms with Crippen LogP contribution in [0.25, 0.3) is 11.5 Å². The first-order chi connectivity index (χ1) is 16.1. The zero-order valence-electron chi connectivity index (χ0n) is 18.8. The number of nitrogens with one attached hydrogen (secondary N) is 1. The molecule has 0 radical (unpaired) electrons. The molecule has 33 heavy (non-hydrogen) atoms. The minimum atomic E-state index is -0.283. The molecule has 0 aliphatic carbocycles. The lowest BCUT2D eigenvalue weighted by atomic mass is 10.2. The largest absolute Gasteiger partial charge is 0.489 e. The zero-order valence-corrected chi connectivity index (χ0v) is 18.8. The van der Waals surface area contributed by atoms with Crippen molar-refractivity contribution in [3.63, 3.8) is 0 Å². The normalized spacial score (nSPS) is 15.4. The smallest absolute Gasteiger partial charge is 0.237 e. The Morgan fingerprint density at radius 3 is 2.79 bits per heavy atom. The van der Waals surface area contributed by atoms with Crippen molar-refractivity contribution >= 4 is 5.91 Å². The predicted octanol–water partition coefficient (Wildman–Crippen LogP) is 3.88. The van der Waals surface area contributed by atoms with Gasteiger partial charge in [-0.05, 0) is 49.6 Å². The van der Waals surface area contributed by atoms with Crippen LogP contribution in [-0.4, -0.2) is 41.5 Å². The number of ether oxygens (including phenoxy) is 1. The van der Waals surface area contributed by atoms with Crippen LogP contribution in [0.4, 0.5) is 0 Å². The van der Waals surface area contributed by atoms with Gasteiger partial charge >= 0.3 is 0 Å². The van der Waals surface area contributed by atoms with Gasteiger partial charge in [-0.2, -0.15) is 5.26 Å². The fourth-order valence-electron chi connectivity index (χ4n) is 3.92. The Balaban J connectivity index is 1.26. The summed E-state index contributed by atoms with van der Waals surface area (Å²) >= 11 is 0. The molecule has 0 bridgehead atoms. The van der Waals surface area contributed by atoms with Gasteiger partial charge < -0.3 is 19.4 Å². The molecule has 1 aromatic heterocycles. The van der Waals surface area contributed by atoms with Crippen molar-refractivity contribution in [2.24, 2.45) is 0 Å². The lowest BCUT2D eigenvalue weighted by Gasteiger charge is -2.19. The Hall–Kier alpha value is -3.63. The number of aryl methyl sites for hydroxylation is 1. The second-order valence-electron chi connectivity index (χ2n) is 8.12. The van der Waals surface area contributed by atoms with Crippen molar-refractivity contribution in [1.82, 2.24) is 15.2 Å². The second kappa shape index (κ2) is 10.8. The topological polar surface area (TPSA) is 91.4 Å². The minimum absolute atomic E-state index is 0.0220. The monoisotopic (exact) mass is 444 g/mol. The van der Waals surface area contributed by atoms with Gasteiger partial charge in [0, 0.05) is 25.1 Å². The Kier molecular flexibility index (Phi) is 7.38. The third-order valence-corrected chi connectivity index (χ3v) is 5.78. The van der Waals surface area contributed by atoms with Gasteiger partial charge in [0.15, 0.2) is 0 Å². The fourth-order valence-corrected chi connectivity index (χ4v) is 3.92. The summed E-state index contributed by atoms with van der Waals surface area (Å²) in [6.45, 7) is 3.92. The average molecular weight is 445 g/mol. The summed E-state index contributed by atoms with van der Waals surface area (Å²) in [5, 5.41) is 12.3. The Bertz CT molecular complexity index is 1100. The first-order valence-electron chi connectivity index (χ1n) is 11.3. The summed E-state index contributed by atoms with van der Waals surface area (Å²) < 4.78 is 11.7. The van der Waals surface area contributed by atoms with E-state index < -0.39 is 0 Å². The molecule has 1 fully saturated rings. The van der Waals surface area contributed by atoms with E-state index in [0.717, 1.165) is 41.2 Å². The Labute approximate surface area is 194 Å². The highest BCUT2D eigenvalue weighted by atomic mass is 16.5. The van der Waals surface area contributed by atoms with Crippen LogP contribution in [0.1, 0.15) is 29.9 Å². The molecule has 1 atom stereocenters. The van der Waals surface area contributed by atoms with Crippen molar-refractivity contribution in [3.8, 4) is 23.3 Å². The molecule has 1 aliphatic rings. The van der Waals surface area contributed by atoms with Gasteiger partial charge in [0.2, 0.25) is 11.8 Å². The van der Waals surface area contributed by atoms with Crippen LogP contribution in [-0.2, 0) is 17.8 Å². The summed E-state index contributed by atoms with van der Waals surface area (Å²) in [4.78, 5) is 18.6. The van der Waals surface area contributed by atoms with E-state index >= 15 is 0 Å². The van der Waals surface area contributed by atoms with E-state index in [0.29, 0.717) is 32.0 Å². The van der Waals surface area contributed by atoms with E-state index in [1.807, 2.05) is 61.5 Å². The highest BCUT2D eigenvalue weighted by Crippen LogP contribution is 2.24. The van der Waals surface area contributed by atoms with E-state index in [-0.39, 0.29) is 18.5 Å². The molecular weight excluding hydrogens is 416 g/mol. The highest BCUT2D eigenvalue weighted by Gasteiger charge is 2.27. The molecule has 1 amide bonds. The van der Waals surface area contributed by atoms with E-state index in [1.165, 1.54) is 0 Å². The van der Waals surface area contributed by atoms with E-state index in [2.05, 4.69) is 16.4 Å². The first-order valence-corrected chi connectivity index (χ1v) is 11.3. The standard InChI is InChI=1S/C26H28N4O3/c1-19-24(13-14-28-17-25(31)30-15-5-8-22(30)16-27)29-26(33-19)21-9-11-23(12-10-21)32-18-20-6-3-2-4-7-20/h2-4,6-7,9-12,22,28H,5,8,13-15,17-18H2,1H3. The number of likely N-dealkylation sites (tertiary alicyclic amines) is 1. The van der Waals surface area contributed by atoms with Crippen molar-refractivity contribution in [2.75, 3.05) is 19.6 Å². The molecule has 1 saturated heterocycles. The van der Waals surface area contributed by atoms with Crippen molar-refractivity contribution in [3.05, 3.63) is 71.6 Å². The second-order valence-corrected chi connectivity index (χ2v) is 8.12. The van der Waals surface area contributed by atoms with E-state index in [4.69, 9.17) is 14.4 Å². The van der Waals surface area contributed by atoms with E-state index in [9.17, 15) is 4.79 Å². The van der Waals surface area contributed by atoms with Gasteiger partial charge in [0.05, 0.1) is 18.3 Å². The van der Waals surface area contributed by atoms with E-state index in [1.54, 1.807) is 4.90 Å². The van der Waals surface area contributed by atoms with Crippen LogP contribution in [0.3, 0.4) is 0 Å². The SMILES string of the molecule is Cc1oc(-c2ccc(OCc3ccccc3)cc2)nc1CCNCC(=O)N1CCCC1C#N. The molecule has 7 heteroatoms. The molecule has 2 aromatic carbocycles. The minimum Gasteiger partial charge on any atom is -0.489 e. The summed E-state index contributed by atoms with van der Waals surface area (Å²) in [5.74, 6) is 2.11. The number of benzene rings is 2. The van der Waals surface area contributed by atoms with Crippen LogP contribution < -0.4 is 10.1 Å². The number of nitrogens with zero attached hydrogens (tertiary/aromatic N) is 3. The number of carbonyl (C=O) groups is 1. The molecule has 1 N–H and O–H groups in total. The van der Waals surface area contributed by atoms with Crippen molar-refractivity contribution in [1.29, 1.82) is 5.26 Å². The molecule has 4 rings (SSSR count). The van der Waals surface area contributed by atoms with Crippen LogP contribution >= 0.6 is 0 Å². The van der Waals surface area contributed by atoms with Crippen LogP contribution in [0.5, 0.6) is 5.75 Å². The molecule has 0 spiro atoms. The number of hydrogen-bond acceptors (Lipinski definition) is 6. The molecule has 7 nitrogen and oxygen atoms in total. The van der Waals surface area contributed by atoms with Gasteiger partial charge in [0.1, 0.15) is 24.2 Å². The van der Waals surface area contributed by atoms with Gasteiger partial charge in [-0.3, -0.25) is 4.79 Å². The Morgan fingerprint density at radius 1 is 1.24 bits per heavy atom. The summed E-state index contributed by atoms with van der Waals surface area (Å²) in [6.07, 6.45) is 2.32. The number of oxazole rings is 1. The number of nitriles is 1. The summed E-state index contributed by atoms with van der Waals surface area (Å²) in [7, 11) is 0.